The number of nitrogens with zero attached hydrogens (tertiary/aromatic N) is 2. The Morgan fingerprint density at radius 3 is 2.16 bits per heavy atom. The quantitative estimate of drug-likeness (QED) is 0.492. The summed E-state index contributed by atoms with van der Waals surface area (Å²) in [5.41, 5.74) is 0.837. The second kappa shape index (κ2) is 7.82. The summed E-state index contributed by atoms with van der Waals surface area (Å²) in [4.78, 5) is 8.55. The van der Waals surface area contributed by atoms with Gasteiger partial charge in [0, 0.05) is 18.3 Å². The molecule has 0 spiro atoms. The van der Waals surface area contributed by atoms with E-state index in [1.165, 1.54) is 12.5 Å². The van der Waals surface area contributed by atoms with Crippen molar-refractivity contribution in [3.05, 3.63) is 60.1 Å². The molecule has 3 aromatic heterocycles. The molecule has 0 radical (unpaired) electrons. The van der Waals surface area contributed by atoms with Gasteiger partial charge >= 0.3 is 0 Å². The van der Waals surface area contributed by atoms with E-state index in [-0.39, 0.29) is 13.1 Å². The molecule has 2 atom stereocenters. The van der Waals surface area contributed by atoms with Gasteiger partial charge in [0.2, 0.25) is 5.95 Å². The third kappa shape index (κ3) is 4.37. The van der Waals surface area contributed by atoms with Crippen LogP contribution in [0.1, 0.15) is 29.3 Å². The Labute approximate surface area is 144 Å². The number of aryl methyl sites for hydroxylation is 1. The number of nitrogens with one attached hydrogen (secondary N) is 2. The van der Waals surface area contributed by atoms with Crippen molar-refractivity contribution in [2.24, 2.45) is 0 Å². The fourth-order valence-corrected chi connectivity index (χ4v) is 2.25. The van der Waals surface area contributed by atoms with Gasteiger partial charge in [0.25, 0.3) is 0 Å². The first-order valence-corrected chi connectivity index (χ1v) is 7.88. The van der Waals surface area contributed by atoms with Crippen molar-refractivity contribution in [2.45, 2.75) is 19.1 Å². The van der Waals surface area contributed by atoms with Crippen LogP contribution in [0, 0.1) is 6.92 Å². The van der Waals surface area contributed by atoms with E-state index in [0.717, 1.165) is 5.56 Å². The van der Waals surface area contributed by atoms with Crippen molar-refractivity contribution < 1.29 is 19.0 Å². The van der Waals surface area contributed by atoms with E-state index in [1.54, 1.807) is 30.5 Å². The van der Waals surface area contributed by atoms with Crippen LogP contribution in [-0.4, -0.2) is 33.3 Å². The molecule has 0 amide bonds. The first-order valence-electron chi connectivity index (χ1n) is 7.88. The number of hydrogen-bond acceptors (Lipinski definition) is 8. The largest absolute Gasteiger partial charge is 0.467 e. The maximum atomic E-state index is 10.1. The fourth-order valence-electron chi connectivity index (χ4n) is 2.25. The van der Waals surface area contributed by atoms with Crippen molar-refractivity contribution in [1.82, 2.24) is 9.97 Å². The SMILES string of the molecule is Cc1cnc(NCC(O)c2ccco2)nc1NCC(O)c1ccco1. The molecular weight excluding hydrogens is 324 g/mol. The first-order chi connectivity index (χ1) is 12.1. The van der Waals surface area contributed by atoms with E-state index in [0.29, 0.717) is 23.3 Å². The zero-order chi connectivity index (χ0) is 17.6. The zero-order valence-corrected chi connectivity index (χ0v) is 13.7. The molecule has 0 saturated carbocycles. The van der Waals surface area contributed by atoms with Crippen LogP contribution in [0.15, 0.2) is 51.8 Å². The van der Waals surface area contributed by atoms with E-state index in [4.69, 9.17) is 8.83 Å². The predicted molar refractivity (Wildman–Crippen MR) is 91.1 cm³/mol. The lowest BCUT2D eigenvalue weighted by atomic mass is 10.2. The lowest BCUT2D eigenvalue weighted by Gasteiger charge is -2.14. The van der Waals surface area contributed by atoms with Gasteiger partial charge in [0.05, 0.1) is 19.1 Å². The van der Waals surface area contributed by atoms with Gasteiger partial charge in [0.15, 0.2) is 0 Å². The lowest BCUT2D eigenvalue weighted by molar-refractivity contribution is 0.162. The molecule has 0 aliphatic heterocycles. The first kappa shape index (κ1) is 17.0. The van der Waals surface area contributed by atoms with Crippen LogP contribution in [0.4, 0.5) is 11.8 Å². The fraction of sp³-hybridized carbons (Fsp3) is 0.294. The van der Waals surface area contributed by atoms with E-state index < -0.39 is 12.2 Å². The minimum Gasteiger partial charge on any atom is -0.467 e. The Balaban J connectivity index is 1.58. The zero-order valence-electron chi connectivity index (χ0n) is 13.7. The standard InChI is InChI=1S/C17H20N4O4/c1-11-8-19-17(20-10-13(23)15-5-3-7-25-15)21-16(11)18-9-12(22)14-4-2-6-24-14/h2-8,12-13,22-23H,9-10H2,1H3,(H2,18,19,20,21). The van der Waals surface area contributed by atoms with Crippen LogP contribution in [0.2, 0.25) is 0 Å². The van der Waals surface area contributed by atoms with E-state index in [1.807, 2.05) is 6.92 Å². The summed E-state index contributed by atoms with van der Waals surface area (Å²) in [6, 6.07) is 6.85. The number of hydrogen-bond donors (Lipinski definition) is 4. The van der Waals surface area contributed by atoms with Gasteiger partial charge in [-0.25, -0.2) is 4.98 Å². The van der Waals surface area contributed by atoms with Crippen LogP contribution in [0.5, 0.6) is 0 Å². The molecule has 0 aliphatic carbocycles. The number of aliphatic hydroxyl groups is 2. The van der Waals surface area contributed by atoms with Gasteiger partial charge in [-0.1, -0.05) is 0 Å². The molecule has 0 fully saturated rings. The highest BCUT2D eigenvalue weighted by Gasteiger charge is 2.13. The highest BCUT2D eigenvalue weighted by atomic mass is 16.4. The summed E-state index contributed by atoms with van der Waals surface area (Å²) in [6.07, 6.45) is 3.11. The summed E-state index contributed by atoms with van der Waals surface area (Å²) in [5.74, 6) is 1.92. The summed E-state index contributed by atoms with van der Waals surface area (Å²) in [6.45, 7) is 2.33. The van der Waals surface area contributed by atoms with Crippen LogP contribution in [-0.2, 0) is 0 Å². The maximum absolute atomic E-state index is 10.1. The molecule has 3 aromatic rings. The second-order valence-electron chi connectivity index (χ2n) is 5.55. The molecule has 0 aliphatic rings. The lowest BCUT2D eigenvalue weighted by Crippen LogP contribution is -2.16. The van der Waals surface area contributed by atoms with Gasteiger partial charge < -0.3 is 29.7 Å². The smallest absolute Gasteiger partial charge is 0.224 e. The summed E-state index contributed by atoms with van der Waals surface area (Å²) in [7, 11) is 0. The van der Waals surface area contributed by atoms with Gasteiger partial charge in [0.1, 0.15) is 29.5 Å². The van der Waals surface area contributed by atoms with Crippen molar-refractivity contribution in [3.63, 3.8) is 0 Å². The normalized spacial score (nSPS) is 13.4. The molecule has 3 rings (SSSR count). The van der Waals surface area contributed by atoms with Crippen LogP contribution in [0.3, 0.4) is 0 Å². The van der Waals surface area contributed by atoms with Crippen LogP contribution < -0.4 is 10.6 Å². The van der Waals surface area contributed by atoms with Crippen molar-refractivity contribution in [3.8, 4) is 0 Å². The number of rotatable bonds is 8. The van der Waals surface area contributed by atoms with E-state index >= 15 is 0 Å². The van der Waals surface area contributed by atoms with Gasteiger partial charge in [-0.15, -0.1) is 0 Å². The summed E-state index contributed by atoms with van der Waals surface area (Å²) in [5, 5.41) is 26.1. The molecule has 8 heteroatoms. The summed E-state index contributed by atoms with van der Waals surface area (Å²) < 4.78 is 10.3. The number of anilines is 2. The molecule has 132 valence electrons. The van der Waals surface area contributed by atoms with Gasteiger partial charge in [-0.05, 0) is 31.2 Å². The molecule has 0 saturated heterocycles. The third-order valence-corrected chi connectivity index (χ3v) is 3.63. The maximum Gasteiger partial charge on any atom is 0.224 e. The average Bonchev–Trinajstić information content (AvgIpc) is 3.32. The minimum atomic E-state index is -0.794. The molecule has 25 heavy (non-hydrogen) atoms. The van der Waals surface area contributed by atoms with E-state index in [2.05, 4.69) is 20.6 Å². The third-order valence-electron chi connectivity index (χ3n) is 3.63. The molecular formula is C17H20N4O4. The predicted octanol–water partition coefficient (Wildman–Crippen LogP) is 2.26. The van der Waals surface area contributed by atoms with Gasteiger partial charge in [-0.3, -0.25) is 0 Å². The van der Waals surface area contributed by atoms with Crippen LogP contribution in [0.25, 0.3) is 0 Å². The Hall–Kier alpha value is -2.84. The molecule has 8 nitrogen and oxygen atoms in total. The second-order valence-corrected chi connectivity index (χ2v) is 5.55. The number of aliphatic hydroxyl groups excluding tert-OH is 2. The number of furan rings is 2. The van der Waals surface area contributed by atoms with Gasteiger partial charge in [-0.2, -0.15) is 4.98 Å². The summed E-state index contributed by atoms with van der Waals surface area (Å²) >= 11 is 0. The molecule has 0 bridgehead atoms. The topological polar surface area (TPSA) is 117 Å². The van der Waals surface area contributed by atoms with Crippen molar-refractivity contribution >= 4 is 11.8 Å². The van der Waals surface area contributed by atoms with Crippen molar-refractivity contribution in [1.29, 1.82) is 0 Å². The van der Waals surface area contributed by atoms with Crippen molar-refractivity contribution in [2.75, 3.05) is 23.7 Å². The monoisotopic (exact) mass is 344 g/mol. The minimum absolute atomic E-state index is 0.213. The molecule has 4 N–H and O–H groups in total. The highest BCUT2D eigenvalue weighted by Crippen LogP contribution is 2.18. The Bertz CT molecular complexity index is 774. The Kier molecular flexibility index (Phi) is 5.32. The Morgan fingerprint density at radius 2 is 1.60 bits per heavy atom. The van der Waals surface area contributed by atoms with E-state index in [9.17, 15) is 10.2 Å². The molecule has 0 aromatic carbocycles. The molecule has 3 heterocycles. The highest BCUT2D eigenvalue weighted by molar-refractivity contribution is 5.46. The molecule has 2 unspecified atom stereocenters. The Morgan fingerprint density at radius 1 is 1.00 bits per heavy atom. The average molecular weight is 344 g/mol. The van der Waals surface area contributed by atoms with Crippen LogP contribution >= 0.6 is 0 Å². The number of aromatic nitrogens is 2.